The summed E-state index contributed by atoms with van der Waals surface area (Å²) in [6.45, 7) is 15.0. The summed E-state index contributed by atoms with van der Waals surface area (Å²) in [6, 6.07) is 0. The Morgan fingerprint density at radius 3 is 1.25 bits per heavy atom. The van der Waals surface area contributed by atoms with Gasteiger partial charge in [0.05, 0.1) is 0 Å². The van der Waals surface area contributed by atoms with Crippen molar-refractivity contribution in [2.75, 3.05) is 19.8 Å². The minimum atomic E-state index is -2.66. The Labute approximate surface area is 155 Å². The summed E-state index contributed by atoms with van der Waals surface area (Å²) in [4.78, 5) is 0. The van der Waals surface area contributed by atoms with Gasteiger partial charge in [0.2, 0.25) is 0 Å². The molecule has 0 aromatic heterocycles. The molecule has 24 heavy (non-hydrogen) atoms. The summed E-state index contributed by atoms with van der Waals surface area (Å²) in [5.41, 5.74) is 0. The van der Waals surface area contributed by atoms with E-state index in [0.717, 1.165) is 5.95 Å². The standard InChI is InChI=1S/C8H15O3.3C4H9.Sn/c1-4-9-7-8(10-5-2)11-6-3;3*1-3-4-2;/h4-6H2,1-3H3;3*1,3-4H2,2H3;. The van der Waals surface area contributed by atoms with E-state index in [1.54, 1.807) is 0 Å². The number of rotatable bonds is 16. The number of unbranched alkanes of at least 4 members (excludes halogenated alkanes) is 3. The van der Waals surface area contributed by atoms with Gasteiger partial charge in [0.25, 0.3) is 0 Å². The van der Waals surface area contributed by atoms with Crippen molar-refractivity contribution in [1.29, 1.82) is 0 Å². The maximum atomic E-state index is 6.29. The first-order valence-corrected chi connectivity index (χ1v) is 17.8. The maximum absolute atomic E-state index is 6.29. The van der Waals surface area contributed by atoms with E-state index in [9.17, 15) is 0 Å². The van der Waals surface area contributed by atoms with Gasteiger partial charge in [-0.2, -0.15) is 0 Å². The van der Waals surface area contributed by atoms with Crippen LogP contribution in [0.5, 0.6) is 0 Å². The Balaban J connectivity index is 5.90. The van der Waals surface area contributed by atoms with Crippen LogP contribution in [0.15, 0.2) is 9.72 Å². The summed E-state index contributed by atoms with van der Waals surface area (Å²) >= 11 is -2.66. The monoisotopic (exact) mass is 450 g/mol. The molecule has 0 bridgehead atoms. The molecule has 0 unspecified atom stereocenters. The third-order valence-corrected chi connectivity index (χ3v) is 19.5. The van der Waals surface area contributed by atoms with Crippen molar-refractivity contribution >= 4 is 18.4 Å². The van der Waals surface area contributed by atoms with Crippen LogP contribution in [0.2, 0.25) is 13.3 Å². The zero-order valence-corrected chi connectivity index (χ0v) is 20.1. The molecule has 4 heteroatoms. The Bertz CT molecular complexity index is 299. The number of hydrogen-bond donors (Lipinski definition) is 0. The van der Waals surface area contributed by atoms with Gasteiger partial charge in [0.15, 0.2) is 0 Å². The second kappa shape index (κ2) is 15.2. The zero-order valence-electron chi connectivity index (χ0n) is 17.2. The number of ether oxygens (including phenoxy) is 3. The molecule has 0 N–H and O–H groups in total. The van der Waals surface area contributed by atoms with Crippen LogP contribution in [-0.2, 0) is 14.2 Å². The van der Waals surface area contributed by atoms with Crippen LogP contribution < -0.4 is 0 Å². The average molecular weight is 449 g/mol. The molecule has 0 aliphatic carbocycles. The first-order chi connectivity index (χ1) is 11.7. The van der Waals surface area contributed by atoms with E-state index >= 15 is 0 Å². The summed E-state index contributed by atoms with van der Waals surface area (Å²) in [7, 11) is 0. The van der Waals surface area contributed by atoms with E-state index in [0.29, 0.717) is 19.8 Å². The summed E-state index contributed by atoms with van der Waals surface area (Å²) in [5.74, 6) is 0.723. The van der Waals surface area contributed by atoms with E-state index in [1.807, 2.05) is 13.8 Å². The molecule has 0 saturated heterocycles. The van der Waals surface area contributed by atoms with Crippen molar-refractivity contribution in [3.8, 4) is 0 Å². The molecule has 0 heterocycles. The molecule has 0 atom stereocenters. The molecule has 0 amide bonds. The fourth-order valence-electron chi connectivity index (χ4n) is 3.27. The van der Waals surface area contributed by atoms with E-state index in [1.165, 1.54) is 55.6 Å². The van der Waals surface area contributed by atoms with E-state index in [-0.39, 0.29) is 0 Å². The molecule has 0 radical (unpaired) electrons. The van der Waals surface area contributed by atoms with Crippen LogP contribution in [0.25, 0.3) is 0 Å². The van der Waals surface area contributed by atoms with Gasteiger partial charge in [0, 0.05) is 0 Å². The van der Waals surface area contributed by atoms with Crippen LogP contribution in [-0.4, -0.2) is 38.2 Å². The van der Waals surface area contributed by atoms with Crippen molar-refractivity contribution in [2.24, 2.45) is 0 Å². The fraction of sp³-hybridized carbons (Fsp3) is 0.900. The molecule has 0 aromatic rings. The Morgan fingerprint density at radius 1 is 0.583 bits per heavy atom. The molecule has 0 aromatic carbocycles. The molecule has 144 valence electrons. The van der Waals surface area contributed by atoms with Gasteiger partial charge in [-0.15, -0.1) is 0 Å². The van der Waals surface area contributed by atoms with Gasteiger partial charge >= 0.3 is 156 Å². The summed E-state index contributed by atoms with van der Waals surface area (Å²) in [5, 5.41) is 0. The molecular formula is C20H42O3Sn. The van der Waals surface area contributed by atoms with Crippen LogP contribution in [0.1, 0.15) is 80.1 Å². The van der Waals surface area contributed by atoms with Gasteiger partial charge < -0.3 is 0 Å². The molecule has 0 spiro atoms. The zero-order chi connectivity index (χ0) is 18.3. The Morgan fingerprint density at radius 2 is 0.958 bits per heavy atom. The van der Waals surface area contributed by atoms with Crippen molar-refractivity contribution in [3.63, 3.8) is 0 Å². The molecule has 0 rings (SSSR count). The number of hydrogen-bond acceptors (Lipinski definition) is 3. The SMILES string of the molecule is CCC[CH2][Sn]([CH2]CCC)([CH2]CCC)[C](OCC)=C(OCC)OCC. The van der Waals surface area contributed by atoms with Crippen LogP contribution in [0.4, 0.5) is 0 Å². The van der Waals surface area contributed by atoms with Crippen LogP contribution in [0.3, 0.4) is 0 Å². The summed E-state index contributed by atoms with van der Waals surface area (Å²) in [6.07, 6.45) is 7.71. The third kappa shape index (κ3) is 8.35. The first-order valence-electron chi connectivity index (χ1n) is 10.3. The van der Waals surface area contributed by atoms with E-state index in [4.69, 9.17) is 14.2 Å². The molecule has 0 aliphatic rings. The van der Waals surface area contributed by atoms with Gasteiger partial charge in [-0.25, -0.2) is 0 Å². The average Bonchev–Trinajstić information content (AvgIpc) is 2.59. The second-order valence-corrected chi connectivity index (χ2v) is 19.4. The summed E-state index contributed by atoms with van der Waals surface area (Å²) < 4.78 is 23.4. The molecule has 0 aliphatic heterocycles. The molecular weight excluding hydrogens is 407 g/mol. The molecule has 3 nitrogen and oxygen atoms in total. The normalized spacial score (nSPS) is 11.2. The predicted molar refractivity (Wildman–Crippen MR) is 107 cm³/mol. The van der Waals surface area contributed by atoms with Crippen molar-refractivity contribution < 1.29 is 14.2 Å². The van der Waals surface area contributed by atoms with E-state index in [2.05, 4.69) is 27.7 Å². The first kappa shape index (κ1) is 23.9. The van der Waals surface area contributed by atoms with Gasteiger partial charge in [-0.1, -0.05) is 0 Å². The fourth-order valence-corrected chi connectivity index (χ4v) is 19.1. The van der Waals surface area contributed by atoms with Gasteiger partial charge in [-0.3, -0.25) is 0 Å². The van der Waals surface area contributed by atoms with Crippen molar-refractivity contribution in [3.05, 3.63) is 9.72 Å². The van der Waals surface area contributed by atoms with Crippen LogP contribution >= 0.6 is 0 Å². The Kier molecular flexibility index (Phi) is 15.2. The minimum absolute atomic E-state index is 0.642. The van der Waals surface area contributed by atoms with Crippen LogP contribution in [0, 0.1) is 0 Å². The quantitative estimate of drug-likeness (QED) is 0.195. The topological polar surface area (TPSA) is 27.7 Å². The van der Waals surface area contributed by atoms with E-state index < -0.39 is 18.4 Å². The second-order valence-electron chi connectivity index (χ2n) is 6.51. The third-order valence-electron chi connectivity index (χ3n) is 4.53. The predicted octanol–water partition coefficient (Wildman–Crippen LogP) is 6.65. The van der Waals surface area contributed by atoms with Crippen molar-refractivity contribution in [1.82, 2.24) is 0 Å². The van der Waals surface area contributed by atoms with Gasteiger partial charge in [0.1, 0.15) is 0 Å². The molecule has 0 saturated carbocycles. The molecule has 0 fully saturated rings. The Hall–Kier alpha value is -0.0613. The van der Waals surface area contributed by atoms with Crippen molar-refractivity contribution in [2.45, 2.75) is 93.4 Å². The van der Waals surface area contributed by atoms with Gasteiger partial charge in [-0.05, 0) is 0 Å².